The van der Waals surface area contributed by atoms with E-state index in [1.165, 1.54) is 0 Å². The Morgan fingerprint density at radius 2 is 1.96 bits per heavy atom. The van der Waals surface area contributed by atoms with E-state index < -0.39 is 5.97 Å². The molecule has 138 valence electrons. The number of nitrogens with one attached hydrogen (secondary N) is 2. The third kappa shape index (κ3) is 6.80. The van der Waals surface area contributed by atoms with Crippen LogP contribution in [0, 0.1) is 0 Å². The van der Waals surface area contributed by atoms with Crippen LogP contribution < -0.4 is 15.4 Å². The highest BCUT2D eigenvalue weighted by Crippen LogP contribution is 2.09. The first-order valence-corrected chi connectivity index (χ1v) is 8.36. The summed E-state index contributed by atoms with van der Waals surface area (Å²) >= 11 is 0. The summed E-state index contributed by atoms with van der Waals surface area (Å²) in [5.41, 5.74) is 1.74. The molecule has 0 fully saturated rings. The fourth-order valence-corrected chi connectivity index (χ4v) is 2.47. The Balaban J connectivity index is 1.88. The number of carboxylic acid groups (broad SMARTS) is 1. The van der Waals surface area contributed by atoms with Gasteiger partial charge in [-0.3, -0.25) is 9.78 Å². The summed E-state index contributed by atoms with van der Waals surface area (Å²) in [6, 6.07) is 12.6. The third-order valence-corrected chi connectivity index (χ3v) is 3.83. The van der Waals surface area contributed by atoms with Crippen LogP contribution in [0.3, 0.4) is 0 Å². The first kappa shape index (κ1) is 19.2. The van der Waals surface area contributed by atoms with Crippen molar-refractivity contribution >= 4 is 12.0 Å². The van der Waals surface area contributed by atoms with Crippen molar-refractivity contribution in [2.24, 2.45) is 0 Å². The maximum atomic E-state index is 12.2. The maximum absolute atomic E-state index is 12.2. The number of aliphatic carboxylic acids is 1. The summed E-state index contributed by atoms with van der Waals surface area (Å²) in [7, 11) is 1.56. The molecule has 1 heterocycles. The normalized spacial score (nSPS) is 11.4. The smallest absolute Gasteiger partial charge is 0.315 e. The van der Waals surface area contributed by atoms with Gasteiger partial charge < -0.3 is 20.5 Å². The van der Waals surface area contributed by atoms with Crippen molar-refractivity contribution in [3.63, 3.8) is 0 Å². The molecular weight excluding hydrogens is 334 g/mol. The lowest BCUT2D eigenvalue weighted by Crippen LogP contribution is -2.43. The van der Waals surface area contributed by atoms with Crippen molar-refractivity contribution in [1.29, 1.82) is 0 Å². The SMILES string of the molecule is COc1ccc(CNC(=O)NC(CCC(=O)O)Cc2ccccc2)nc1. The summed E-state index contributed by atoms with van der Waals surface area (Å²) in [5, 5.41) is 14.5. The van der Waals surface area contributed by atoms with Gasteiger partial charge in [0.2, 0.25) is 0 Å². The van der Waals surface area contributed by atoms with Crippen molar-refractivity contribution in [3.05, 3.63) is 59.9 Å². The number of carboxylic acids is 1. The number of hydrogen-bond donors (Lipinski definition) is 3. The standard InChI is InChI=1S/C19H23N3O4/c1-26-17-9-7-16(20-13-17)12-21-19(25)22-15(8-10-18(23)24)11-14-5-3-2-4-6-14/h2-7,9,13,15H,8,10-12H2,1H3,(H,23,24)(H2,21,22,25). The van der Waals surface area contributed by atoms with E-state index in [2.05, 4.69) is 15.6 Å². The van der Waals surface area contributed by atoms with Crippen molar-refractivity contribution < 1.29 is 19.4 Å². The first-order valence-electron chi connectivity index (χ1n) is 8.36. The summed E-state index contributed by atoms with van der Waals surface area (Å²) in [6.07, 6.45) is 2.51. The fourth-order valence-electron chi connectivity index (χ4n) is 2.47. The van der Waals surface area contributed by atoms with Gasteiger partial charge in [-0.05, 0) is 30.5 Å². The number of carbonyl (C=O) groups is 2. The second kappa shape index (κ2) is 10.0. The van der Waals surface area contributed by atoms with Crippen LogP contribution in [0.5, 0.6) is 5.75 Å². The molecule has 0 aliphatic rings. The van der Waals surface area contributed by atoms with Gasteiger partial charge in [0, 0.05) is 12.5 Å². The minimum Gasteiger partial charge on any atom is -0.495 e. The summed E-state index contributed by atoms with van der Waals surface area (Å²) in [4.78, 5) is 27.2. The molecule has 0 saturated carbocycles. The number of hydrogen-bond acceptors (Lipinski definition) is 4. The predicted octanol–water partition coefficient (Wildman–Crippen LogP) is 2.37. The van der Waals surface area contributed by atoms with Crippen LogP contribution in [-0.4, -0.2) is 35.2 Å². The molecular formula is C19H23N3O4. The molecule has 0 aliphatic heterocycles. The third-order valence-electron chi connectivity index (χ3n) is 3.83. The molecule has 1 aromatic heterocycles. The summed E-state index contributed by atoms with van der Waals surface area (Å²) < 4.78 is 5.04. The molecule has 0 bridgehead atoms. The molecule has 2 rings (SSSR count). The molecule has 1 aromatic carbocycles. The van der Waals surface area contributed by atoms with Gasteiger partial charge in [-0.1, -0.05) is 30.3 Å². The first-order chi connectivity index (χ1) is 12.6. The molecule has 1 unspecified atom stereocenters. The molecule has 2 aromatic rings. The van der Waals surface area contributed by atoms with Gasteiger partial charge in [-0.25, -0.2) is 4.79 Å². The number of benzene rings is 1. The topological polar surface area (TPSA) is 101 Å². The van der Waals surface area contributed by atoms with Crippen molar-refractivity contribution in [2.45, 2.75) is 31.8 Å². The Bertz CT molecular complexity index is 704. The predicted molar refractivity (Wildman–Crippen MR) is 97.0 cm³/mol. The average Bonchev–Trinajstić information content (AvgIpc) is 2.65. The van der Waals surface area contributed by atoms with Crippen LogP contribution in [-0.2, 0) is 17.8 Å². The van der Waals surface area contributed by atoms with Gasteiger partial charge in [0.1, 0.15) is 5.75 Å². The van der Waals surface area contributed by atoms with Gasteiger partial charge in [0.05, 0.1) is 25.5 Å². The lowest BCUT2D eigenvalue weighted by atomic mass is 10.0. The molecule has 26 heavy (non-hydrogen) atoms. The minimum absolute atomic E-state index is 0.00217. The zero-order chi connectivity index (χ0) is 18.8. The van der Waals surface area contributed by atoms with Crippen LogP contribution in [0.4, 0.5) is 4.79 Å². The lowest BCUT2D eigenvalue weighted by molar-refractivity contribution is -0.137. The van der Waals surface area contributed by atoms with Gasteiger partial charge >= 0.3 is 12.0 Å². The Labute approximate surface area is 152 Å². The van der Waals surface area contributed by atoms with Crippen LogP contribution in [0.1, 0.15) is 24.1 Å². The molecule has 1 atom stereocenters. The monoisotopic (exact) mass is 357 g/mol. The Morgan fingerprint density at radius 3 is 2.58 bits per heavy atom. The van der Waals surface area contributed by atoms with E-state index in [1.54, 1.807) is 25.4 Å². The van der Waals surface area contributed by atoms with E-state index in [-0.39, 0.29) is 25.0 Å². The molecule has 7 heteroatoms. The molecule has 0 spiro atoms. The fraction of sp³-hybridized carbons (Fsp3) is 0.316. The van der Waals surface area contributed by atoms with Crippen LogP contribution in [0.25, 0.3) is 0 Å². The number of rotatable bonds is 9. The number of amides is 2. The van der Waals surface area contributed by atoms with E-state index in [9.17, 15) is 9.59 Å². The van der Waals surface area contributed by atoms with Crippen LogP contribution in [0.2, 0.25) is 0 Å². The molecule has 2 amide bonds. The zero-order valence-electron chi connectivity index (χ0n) is 14.6. The van der Waals surface area contributed by atoms with Gasteiger partial charge in [0.25, 0.3) is 0 Å². The van der Waals surface area contributed by atoms with Gasteiger partial charge in [-0.15, -0.1) is 0 Å². The number of nitrogens with zero attached hydrogens (tertiary/aromatic N) is 1. The lowest BCUT2D eigenvalue weighted by Gasteiger charge is -2.18. The Hall–Kier alpha value is -3.09. The number of urea groups is 1. The molecule has 7 nitrogen and oxygen atoms in total. The highest BCUT2D eigenvalue weighted by atomic mass is 16.5. The summed E-state index contributed by atoms with van der Waals surface area (Å²) in [5.74, 6) is -0.234. The maximum Gasteiger partial charge on any atom is 0.315 e. The largest absolute Gasteiger partial charge is 0.495 e. The van der Waals surface area contributed by atoms with E-state index in [0.717, 1.165) is 5.56 Å². The average molecular weight is 357 g/mol. The van der Waals surface area contributed by atoms with E-state index in [4.69, 9.17) is 9.84 Å². The summed E-state index contributed by atoms with van der Waals surface area (Å²) in [6.45, 7) is 0.271. The van der Waals surface area contributed by atoms with E-state index in [1.807, 2.05) is 30.3 Å². The Kier molecular flexibility index (Phi) is 7.42. The number of methoxy groups -OCH3 is 1. The molecule has 0 aliphatic carbocycles. The van der Waals surface area contributed by atoms with Gasteiger partial charge in [-0.2, -0.15) is 0 Å². The van der Waals surface area contributed by atoms with Crippen LogP contribution >= 0.6 is 0 Å². The Morgan fingerprint density at radius 1 is 1.19 bits per heavy atom. The van der Waals surface area contributed by atoms with Crippen LogP contribution in [0.15, 0.2) is 48.7 Å². The van der Waals surface area contributed by atoms with Crippen molar-refractivity contribution in [1.82, 2.24) is 15.6 Å². The van der Waals surface area contributed by atoms with Crippen molar-refractivity contribution in [2.75, 3.05) is 7.11 Å². The van der Waals surface area contributed by atoms with Crippen molar-refractivity contribution in [3.8, 4) is 5.75 Å². The molecule has 3 N–H and O–H groups in total. The van der Waals surface area contributed by atoms with E-state index >= 15 is 0 Å². The molecule has 0 radical (unpaired) electrons. The number of aromatic nitrogens is 1. The number of carbonyl (C=O) groups excluding carboxylic acids is 1. The zero-order valence-corrected chi connectivity index (χ0v) is 14.6. The second-order valence-electron chi connectivity index (χ2n) is 5.84. The minimum atomic E-state index is -0.882. The number of ether oxygens (including phenoxy) is 1. The molecule has 0 saturated heterocycles. The second-order valence-corrected chi connectivity index (χ2v) is 5.84. The highest BCUT2D eigenvalue weighted by Gasteiger charge is 2.14. The number of pyridine rings is 1. The highest BCUT2D eigenvalue weighted by molar-refractivity contribution is 5.74. The quantitative estimate of drug-likeness (QED) is 0.640. The van der Waals surface area contributed by atoms with Gasteiger partial charge in [0.15, 0.2) is 0 Å². The van der Waals surface area contributed by atoms with E-state index in [0.29, 0.717) is 24.3 Å².